The van der Waals surface area contributed by atoms with E-state index in [4.69, 9.17) is 0 Å². The Kier molecular flexibility index (Phi) is 5.14. The SMILES string of the molecule is CC(CS(C)=O)NC(=O)c1ccc(F)c(S)c1. The number of carbonyl (C=O) groups is 1. The number of amides is 1. The maximum Gasteiger partial charge on any atom is 0.251 e. The van der Waals surface area contributed by atoms with Crippen LogP contribution in [0.5, 0.6) is 0 Å². The van der Waals surface area contributed by atoms with Gasteiger partial charge in [0.25, 0.3) is 5.91 Å². The summed E-state index contributed by atoms with van der Waals surface area (Å²) in [6.45, 7) is 1.77. The molecule has 1 amide bonds. The van der Waals surface area contributed by atoms with Gasteiger partial charge < -0.3 is 5.32 Å². The van der Waals surface area contributed by atoms with E-state index in [0.717, 1.165) is 0 Å². The average molecular weight is 275 g/mol. The number of halogens is 1. The molecule has 3 nitrogen and oxygen atoms in total. The molecule has 0 spiro atoms. The Bertz CT molecular complexity index is 451. The third-order valence-electron chi connectivity index (χ3n) is 2.07. The minimum absolute atomic E-state index is 0.129. The molecule has 1 N–H and O–H groups in total. The predicted molar refractivity (Wildman–Crippen MR) is 69.5 cm³/mol. The van der Waals surface area contributed by atoms with Gasteiger partial charge in [0, 0.05) is 39.3 Å². The molecule has 0 bridgehead atoms. The van der Waals surface area contributed by atoms with Crippen LogP contribution in [-0.4, -0.2) is 28.2 Å². The highest BCUT2D eigenvalue weighted by molar-refractivity contribution is 7.84. The summed E-state index contributed by atoms with van der Waals surface area (Å²) in [5.74, 6) is -0.397. The number of carbonyl (C=O) groups excluding carboxylic acids is 1. The van der Waals surface area contributed by atoms with E-state index in [2.05, 4.69) is 17.9 Å². The van der Waals surface area contributed by atoms with E-state index >= 15 is 0 Å². The summed E-state index contributed by atoms with van der Waals surface area (Å²) in [6.07, 6.45) is 1.58. The molecule has 2 unspecified atom stereocenters. The molecule has 0 aliphatic carbocycles. The standard InChI is InChI=1S/C11H14FNO2S2/c1-7(6-17(2)15)13-11(14)8-3-4-9(12)10(16)5-8/h3-5,7,16H,6H2,1-2H3,(H,13,14). The van der Waals surface area contributed by atoms with Crippen molar-refractivity contribution in [3.63, 3.8) is 0 Å². The third kappa shape index (κ3) is 4.47. The minimum Gasteiger partial charge on any atom is -0.349 e. The van der Waals surface area contributed by atoms with E-state index in [-0.39, 0.29) is 16.8 Å². The molecule has 0 saturated carbocycles. The fraction of sp³-hybridized carbons (Fsp3) is 0.364. The molecular formula is C11H14FNO2S2. The topological polar surface area (TPSA) is 46.2 Å². The summed E-state index contributed by atoms with van der Waals surface area (Å²) >= 11 is 3.90. The lowest BCUT2D eigenvalue weighted by Crippen LogP contribution is -2.36. The first-order valence-corrected chi connectivity index (χ1v) is 7.17. The van der Waals surface area contributed by atoms with Crippen molar-refractivity contribution >= 4 is 29.3 Å². The number of rotatable bonds is 4. The number of thiol groups is 1. The molecule has 0 heterocycles. The van der Waals surface area contributed by atoms with E-state index in [9.17, 15) is 13.4 Å². The van der Waals surface area contributed by atoms with Crippen LogP contribution < -0.4 is 5.32 Å². The molecule has 17 heavy (non-hydrogen) atoms. The molecule has 2 atom stereocenters. The zero-order chi connectivity index (χ0) is 13.0. The number of hydrogen-bond acceptors (Lipinski definition) is 3. The van der Waals surface area contributed by atoms with Crippen molar-refractivity contribution in [2.45, 2.75) is 17.9 Å². The Morgan fingerprint density at radius 3 is 2.76 bits per heavy atom. The van der Waals surface area contributed by atoms with Gasteiger partial charge in [-0.25, -0.2) is 4.39 Å². The van der Waals surface area contributed by atoms with Crippen molar-refractivity contribution in [3.8, 4) is 0 Å². The zero-order valence-electron chi connectivity index (χ0n) is 9.57. The molecular weight excluding hydrogens is 261 g/mol. The summed E-state index contributed by atoms with van der Waals surface area (Å²) < 4.78 is 23.9. The predicted octanol–water partition coefficient (Wildman–Crippen LogP) is 1.61. The first kappa shape index (κ1) is 14.2. The molecule has 0 aliphatic rings. The van der Waals surface area contributed by atoms with Crippen LogP contribution in [0.2, 0.25) is 0 Å². The second-order valence-electron chi connectivity index (χ2n) is 3.78. The van der Waals surface area contributed by atoms with Crippen molar-refractivity contribution in [1.82, 2.24) is 5.32 Å². The Morgan fingerprint density at radius 2 is 2.24 bits per heavy atom. The first-order valence-electron chi connectivity index (χ1n) is 4.99. The Balaban J connectivity index is 2.70. The maximum absolute atomic E-state index is 12.9. The van der Waals surface area contributed by atoms with Gasteiger partial charge in [-0.2, -0.15) is 0 Å². The summed E-state index contributed by atoms with van der Waals surface area (Å²) in [7, 11) is -0.966. The average Bonchev–Trinajstić information content (AvgIpc) is 2.20. The largest absolute Gasteiger partial charge is 0.349 e. The van der Waals surface area contributed by atoms with Crippen LogP contribution in [-0.2, 0) is 10.8 Å². The molecule has 0 saturated heterocycles. The Labute approximate surface area is 108 Å². The summed E-state index contributed by atoms with van der Waals surface area (Å²) in [4.78, 5) is 11.9. The Morgan fingerprint density at radius 1 is 1.59 bits per heavy atom. The minimum atomic E-state index is -0.966. The van der Waals surface area contributed by atoms with Gasteiger partial charge >= 0.3 is 0 Å². The van der Waals surface area contributed by atoms with Gasteiger partial charge in [-0.1, -0.05) is 0 Å². The van der Waals surface area contributed by atoms with E-state index in [0.29, 0.717) is 11.3 Å². The summed E-state index contributed by atoms with van der Waals surface area (Å²) in [5.41, 5.74) is 0.338. The van der Waals surface area contributed by atoms with Crippen LogP contribution in [0.3, 0.4) is 0 Å². The molecule has 94 valence electrons. The van der Waals surface area contributed by atoms with Crippen molar-refractivity contribution in [2.75, 3.05) is 12.0 Å². The highest BCUT2D eigenvalue weighted by Gasteiger charge is 2.12. The second-order valence-corrected chi connectivity index (χ2v) is 5.74. The number of benzene rings is 1. The highest BCUT2D eigenvalue weighted by Crippen LogP contribution is 2.14. The van der Waals surface area contributed by atoms with Gasteiger partial charge in [0.2, 0.25) is 0 Å². The van der Waals surface area contributed by atoms with Crippen LogP contribution in [0.15, 0.2) is 23.1 Å². The molecule has 0 aliphatic heterocycles. The molecule has 1 aromatic rings. The first-order chi connectivity index (χ1) is 7.90. The smallest absolute Gasteiger partial charge is 0.251 e. The van der Waals surface area contributed by atoms with Crippen LogP contribution in [0.25, 0.3) is 0 Å². The molecule has 1 aromatic carbocycles. The molecule has 0 fully saturated rings. The van der Waals surface area contributed by atoms with Crippen molar-refractivity contribution < 1.29 is 13.4 Å². The van der Waals surface area contributed by atoms with Crippen LogP contribution >= 0.6 is 12.6 Å². The third-order valence-corrected chi connectivity index (χ3v) is 3.38. The van der Waals surface area contributed by atoms with E-state index < -0.39 is 16.6 Å². The summed E-state index contributed by atoms with van der Waals surface area (Å²) in [6, 6.07) is 3.75. The van der Waals surface area contributed by atoms with Gasteiger partial charge in [-0.3, -0.25) is 9.00 Å². The monoisotopic (exact) mass is 275 g/mol. The van der Waals surface area contributed by atoms with E-state index in [1.807, 2.05) is 0 Å². The van der Waals surface area contributed by atoms with Gasteiger partial charge in [0.05, 0.1) is 0 Å². The van der Waals surface area contributed by atoms with Gasteiger partial charge in [-0.05, 0) is 25.1 Å². The van der Waals surface area contributed by atoms with E-state index in [1.54, 1.807) is 13.2 Å². The molecule has 0 radical (unpaired) electrons. The van der Waals surface area contributed by atoms with Gasteiger partial charge in [0.1, 0.15) is 5.82 Å². The Hall–Kier alpha value is -0.880. The molecule has 1 rings (SSSR count). The van der Waals surface area contributed by atoms with Crippen LogP contribution in [0.1, 0.15) is 17.3 Å². The maximum atomic E-state index is 12.9. The van der Waals surface area contributed by atoms with Gasteiger partial charge in [0.15, 0.2) is 0 Å². The second kappa shape index (κ2) is 6.16. The lowest BCUT2D eigenvalue weighted by molar-refractivity contribution is 0.0943. The van der Waals surface area contributed by atoms with Crippen LogP contribution in [0, 0.1) is 5.82 Å². The van der Waals surface area contributed by atoms with Crippen molar-refractivity contribution in [2.24, 2.45) is 0 Å². The molecule has 6 heteroatoms. The fourth-order valence-electron chi connectivity index (χ4n) is 1.35. The quantitative estimate of drug-likeness (QED) is 0.820. The lowest BCUT2D eigenvalue weighted by atomic mass is 10.2. The summed E-state index contributed by atoms with van der Waals surface area (Å²) in [5, 5.41) is 2.69. The number of hydrogen-bond donors (Lipinski definition) is 2. The van der Waals surface area contributed by atoms with Crippen LogP contribution in [0.4, 0.5) is 4.39 Å². The normalized spacial score (nSPS) is 14.1. The van der Waals surface area contributed by atoms with Crippen molar-refractivity contribution in [3.05, 3.63) is 29.6 Å². The van der Waals surface area contributed by atoms with Crippen molar-refractivity contribution in [1.29, 1.82) is 0 Å². The fourth-order valence-corrected chi connectivity index (χ4v) is 2.36. The lowest BCUT2D eigenvalue weighted by Gasteiger charge is -2.12. The van der Waals surface area contributed by atoms with E-state index in [1.165, 1.54) is 18.2 Å². The molecule has 0 aromatic heterocycles. The number of nitrogens with one attached hydrogen (secondary N) is 1. The highest BCUT2D eigenvalue weighted by atomic mass is 32.2. The van der Waals surface area contributed by atoms with Gasteiger partial charge in [-0.15, -0.1) is 12.6 Å². The zero-order valence-corrected chi connectivity index (χ0v) is 11.3.